The first-order valence-electron chi connectivity index (χ1n) is 5.59. The van der Waals surface area contributed by atoms with Gasteiger partial charge in [-0.3, -0.25) is 24.5 Å². The van der Waals surface area contributed by atoms with Gasteiger partial charge in [0.2, 0.25) is 17.7 Å². The van der Waals surface area contributed by atoms with Crippen molar-refractivity contribution in [3.63, 3.8) is 0 Å². The van der Waals surface area contributed by atoms with E-state index >= 15 is 0 Å². The average Bonchev–Trinajstić information content (AvgIpc) is 2.60. The molecule has 0 aromatic heterocycles. The van der Waals surface area contributed by atoms with E-state index in [9.17, 15) is 32.1 Å². The van der Waals surface area contributed by atoms with E-state index in [1.54, 1.807) is 0 Å². The minimum Gasteiger partial charge on any atom is -0.731 e. The predicted molar refractivity (Wildman–Crippen MR) is 59.2 cm³/mol. The smallest absolute Gasteiger partial charge is 0.731 e. The van der Waals surface area contributed by atoms with Crippen LogP contribution < -0.4 is 40.2 Å². The standard InChI is InChI=1S/C9H11N3O7S.Na/c13-6(1-4-2-7(14)11-8(4)15)10-5-3-12(9(5)16)20(17,18)19;/h4-5H,1-3H2,(H,10,13)(H,11,14,15)(H,17,18,19);/q;+1/p-1. The molecule has 0 radical (unpaired) electrons. The van der Waals surface area contributed by atoms with Crippen molar-refractivity contribution in [3.8, 4) is 0 Å². The van der Waals surface area contributed by atoms with Gasteiger partial charge in [-0.1, -0.05) is 0 Å². The van der Waals surface area contributed by atoms with Crippen molar-refractivity contribution in [1.29, 1.82) is 0 Å². The number of hydrogen-bond acceptors (Lipinski definition) is 7. The summed E-state index contributed by atoms with van der Waals surface area (Å²) >= 11 is 0. The maximum Gasteiger partial charge on any atom is 1.00 e. The van der Waals surface area contributed by atoms with E-state index < -0.39 is 52.4 Å². The van der Waals surface area contributed by atoms with Gasteiger partial charge in [0, 0.05) is 12.8 Å². The van der Waals surface area contributed by atoms with E-state index in [0.717, 1.165) is 0 Å². The third kappa shape index (κ3) is 4.01. The minimum absolute atomic E-state index is 0. The summed E-state index contributed by atoms with van der Waals surface area (Å²) in [6, 6.07) is -1.09. The molecule has 0 aliphatic carbocycles. The van der Waals surface area contributed by atoms with Gasteiger partial charge in [-0.2, -0.15) is 0 Å². The van der Waals surface area contributed by atoms with E-state index in [1.807, 2.05) is 5.32 Å². The van der Waals surface area contributed by atoms with Gasteiger partial charge in [-0.05, 0) is 0 Å². The number of rotatable bonds is 4. The molecule has 2 aliphatic heterocycles. The Bertz CT molecular complexity index is 604. The van der Waals surface area contributed by atoms with Crippen molar-refractivity contribution in [2.75, 3.05) is 6.54 Å². The van der Waals surface area contributed by atoms with Crippen LogP contribution in [0.15, 0.2) is 0 Å². The fourth-order valence-electron chi connectivity index (χ4n) is 1.95. The van der Waals surface area contributed by atoms with Gasteiger partial charge < -0.3 is 9.87 Å². The zero-order valence-corrected chi connectivity index (χ0v) is 13.8. The monoisotopic (exact) mass is 327 g/mol. The Hall–Kier alpha value is -1.01. The van der Waals surface area contributed by atoms with Crippen LogP contribution in [0.2, 0.25) is 0 Å². The van der Waals surface area contributed by atoms with Crippen LogP contribution >= 0.6 is 0 Å². The Morgan fingerprint density at radius 1 is 1.38 bits per heavy atom. The summed E-state index contributed by atoms with van der Waals surface area (Å²) in [4.78, 5) is 45.0. The molecule has 4 amide bonds. The molecule has 2 rings (SSSR count). The summed E-state index contributed by atoms with van der Waals surface area (Å²) in [7, 11) is -4.85. The Morgan fingerprint density at radius 2 is 2.00 bits per heavy atom. The molecule has 2 aliphatic rings. The van der Waals surface area contributed by atoms with E-state index in [4.69, 9.17) is 0 Å². The van der Waals surface area contributed by atoms with Crippen molar-refractivity contribution in [3.05, 3.63) is 0 Å². The van der Waals surface area contributed by atoms with Crippen molar-refractivity contribution < 1.29 is 61.7 Å². The Kier molecular flexibility index (Phi) is 5.50. The zero-order valence-electron chi connectivity index (χ0n) is 11.0. The number of β-lactam (4-membered cyclic amide) rings is 1. The Labute approximate surface area is 141 Å². The zero-order chi connectivity index (χ0) is 15.1. The molecule has 110 valence electrons. The molecule has 12 heteroatoms. The molecule has 0 aromatic carbocycles. The molecule has 21 heavy (non-hydrogen) atoms. The molecule has 10 nitrogen and oxygen atoms in total. The molecule has 0 spiro atoms. The van der Waals surface area contributed by atoms with Gasteiger partial charge in [-0.25, -0.2) is 12.7 Å². The second-order valence-corrected chi connectivity index (χ2v) is 5.76. The molecule has 2 fully saturated rings. The topological polar surface area (TPSA) is 153 Å². The van der Waals surface area contributed by atoms with Gasteiger partial charge in [0.25, 0.3) is 5.91 Å². The molecular formula is C9H10N3NaO7S. The van der Waals surface area contributed by atoms with Gasteiger partial charge in [0.15, 0.2) is 10.3 Å². The molecule has 0 saturated carbocycles. The second kappa shape index (κ2) is 6.40. The van der Waals surface area contributed by atoms with Crippen LogP contribution in [0.25, 0.3) is 0 Å². The molecule has 2 N–H and O–H groups in total. The molecule has 2 atom stereocenters. The summed E-state index contributed by atoms with van der Waals surface area (Å²) in [6.07, 6.45) is -0.391. The van der Waals surface area contributed by atoms with Gasteiger partial charge in [-0.15, -0.1) is 0 Å². The first kappa shape index (κ1) is 18.0. The van der Waals surface area contributed by atoms with E-state index in [2.05, 4.69) is 5.32 Å². The number of carbonyl (C=O) groups excluding carboxylic acids is 4. The van der Waals surface area contributed by atoms with Crippen molar-refractivity contribution >= 4 is 33.9 Å². The fraction of sp³-hybridized carbons (Fsp3) is 0.556. The van der Waals surface area contributed by atoms with Crippen LogP contribution in [-0.2, 0) is 29.5 Å². The molecular weight excluding hydrogens is 317 g/mol. The van der Waals surface area contributed by atoms with E-state index in [0.29, 0.717) is 0 Å². The summed E-state index contributed by atoms with van der Waals surface area (Å²) < 4.78 is 31.8. The van der Waals surface area contributed by atoms with Crippen LogP contribution in [0, 0.1) is 5.92 Å². The van der Waals surface area contributed by atoms with Crippen molar-refractivity contribution in [2.24, 2.45) is 5.92 Å². The number of imide groups is 1. The third-order valence-electron chi connectivity index (χ3n) is 2.99. The number of hydrogen-bond donors (Lipinski definition) is 2. The summed E-state index contributed by atoms with van der Waals surface area (Å²) in [6.45, 7) is -0.424. The first-order chi connectivity index (χ1) is 9.18. The van der Waals surface area contributed by atoms with Gasteiger partial charge >= 0.3 is 29.6 Å². The van der Waals surface area contributed by atoms with Crippen molar-refractivity contribution in [1.82, 2.24) is 14.9 Å². The SMILES string of the molecule is O=C1CC(CC(=O)NC2CN(S(=O)(=O)[O-])C2=O)C(=O)N1.[Na+]. The van der Waals surface area contributed by atoms with Crippen molar-refractivity contribution in [2.45, 2.75) is 18.9 Å². The van der Waals surface area contributed by atoms with Gasteiger partial charge in [0.1, 0.15) is 6.04 Å². The molecule has 0 aromatic rings. The normalized spacial score (nSPS) is 25.0. The summed E-state index contributed by atoms with van der Waals surface area (Å²) in [5.41, 5.74) is 0. The molecule has 2 unspecified atom stereocenters. The Morgan fingerprint density at radius 3 is 2.43 bits per heavy atom. The van der Waals surface area contributed by atoms with Crippen LogP contribution in [0.4, 0.5) is 0 Å². The number of carbonyl (C=O) groups is 4. The summed E-state index contributed by atoms with van der Waals surface area (Å²) in [5, 5.41) is 4.24. The van der Waals surface area contributed by atoms with Crippen LogP contribution in [0.1, 0.15) is 12.8 Å². The molecule has 0 bridgehead atoms. The average molecular weight is 327 g/mol. The fourth-order valence-corrected chi connectivity index (χ4v) is 2.63. The maximum atomic E-state index is 11.6. The van der Waals surface area contributed by atoms with Crippen LogP contribution in [0.3, 0.4) is 0 Å². The van der Waals surface area contributed by atoms with Gasteiger partial charge in [0.05, 0.1) is 12.5 Å². The molecule has 2 saturated heterocycles. The third-order valence-corrected chi connectivity index (χ3v) is 3.86. The Balaban J connectivity index is 0.00000220. The van der Waals surface area contributed by atoms with Crippen LogP contribution in [-0.4, -0.2) is 53.5 Å². The van der Waals surface area contributed by atoms with Crippen LogP contribution in [0.5, 0.6) is 0 Å². The number of nitrogens with one attached hydrogen (secondary N) is 2. The number of amides is 4. The number of nitrogens with zero attached hydrogens (tertiary/aromatic N) is 1. The molecule has 2 heterocycles. The second-order valence-electron chi connectivity index (χ2n) is 4.46. The van der Waals surface area contributed by atoms with E-state index in [1.165, 1.54) is 0 Å². The van der Waals surface area contributed by atoms with E-state index in [-0.39, 0.29) is 46.7 Å². The summed E-state index contributed by atoms with van der Waals surface area (Å²) in [5.74, 6) is -3.51. The predicted octanol–water partition coefficient (Wildman–Crippen LogP) is -6.17. The minimum atomic E-state index is -4.85. The maximum absolute atomic E-state index is 11.6. The largest absolute Gasteiger partial charge is 1.00 e. The quantitative estimate of drug-likeness (QED) is 0.225. The first-order valence-corrected chi connectivity index (χ1v) is 6.95.